The average Bonchev–Trinajstić information content (AvgIpc) is 2.87. The van der Waals surface area contributed by atoms with Gasteiger partial charge in [0.25, 0.3) is 0 Å². The predicted molar refractivity (Wildman–Crippen MR) is 159 cm³/mol. The first-order valence-corrected chi connectivity index (χ1v) is 15.1. The second-order valence-corrected chi connectivity index (χ2v) is 12.3. The number of hydrogen-bond acceptors (Lipinski definition) is 6. The van der Waals surface area contributed by atoms with Gasteiger partial charge >= 0.3 is 11.9 Å². The summed E-state index contributed by atoms with van der Waals surface area (Å²) in [6, 6.07) is -3.70. The van der Waals surface area contributed by atoms with E-state index in [4.69, 9.17) is 0 Å². The topological polar surface area (TPSA) is 191 Å². The fourth-order valence-electron chi connectivity index (χ4n) is 4.35. The number of carboxylic acids is 2. The number of carbonyl (C=O) groups excluding carboxylic acids is 4. The molecule has 12 heteroatoms. The van der Waals surface area contributed by atoms with E-state index in [9.17, 15) is 39.0 Å². The fraction of sp³-hybridized carbons (Fsp3) is 0.800. The molecule has 12 nitrogen and oxygen atoms in total. The molecule has 0 aromatic carbocycles. The molecule has 0 aliphatic heterocycles. The normalized spacial score (nSPS) is 14.3. The van der Waals surface area contributed by atoms with Gasteiger partial charge in [0.2, 0.25) is 23.6 Å². The SMILES string of the molecule is CC(C)[C@H](NC(=O)[C@@H](NC(=O)CCCCCCCCC(=O)N[C@H](C(=O)N[C@H](C(=O)O)C(C)C)C(C)C)C(C)C)C(=O)O. The van der Waals surface area contributed by atoms with Crippen LogP contribution in [0.1, 0.15) is 107 Å². The van der Waals surface area contributed by atoms with E-state index in [0.717, 1.165) is 25.7 Å². The van der Waals surface area contributed by atoms with Crippen LogP contribution < -0.4 is 21.3 Å². The minimum absolute atomic E-state index is 0.209. The lowest BCUT2D eigenvalue weighted by Crippen LogP contribution is -2.54. The Hall–Kier alpha value is -3.18. The Morgan fingerprint density at radius 3 is 0.929 bits per heavy atom. The minimum Gasteiger partial charge on any atom is -0.480 e. The predicted octanol–water partition coefficient (Wildman–Crippen LogP) is 2.84. The van der Waals surface area contributed by atoms with Gasteiger partial charge in [0.05, 0.1) is 0 Å². The van der Waals surface area contributed by atoms with Crippen LogP contribution >= 0.6 is 0 Å². The van der Waals surface area contributed by atoms with Crippen LogP contribution in [0.3, 0.4) is 0 Å². The van der Waals surface area contributed by atoms with Crippen LogP contribution in [0.5, 0.6) is 0 Å². The first-order valence-electron chi connectivity index (χ1n) is 15.1. The van der Waals surface area contributed by atoms with Crippen molar-refractivity contribution in [3.8, 4) is 0 Å². The Morgan fingerprint density at radius 2 is 0.690 bits per heavy atom. The molecule has 0 aliphatic carbocycles. The average molecular weight is 599 g/mol. The maximum absolute atomic E-state index is 12.6. The second kappa shape index (κ2) is 19.9. The first-order chi connectivity index (χ1) is 19.5. The van der Waals surface area contributed by atoms with Crippen LogP contribution in [0.4, 0.5) is 0 Å². The first kappa shape index (κ1) is 38.8. The van der Waals surface area contributed by atoms with Gasteiger partial charge in [-0.2, -0.15) is 0 Å². The lowest BCUT2D eigenvalue weighted by atomic mass is 10.00. The van der Waals surface area contributed by atoms with E-state index in [-0.39, 0.29) is 48.3 Å². The molecule has 4 atom stereocenters. The molecule has 4 amide bonds. The van der Waals surface area contributed by atoms with E-state index >= 15 is 0 Å². The van der Waals surface area contributed by atoms with Gasteiger partial charge in [0, 0.05) is 12.8 Å². The van der Waals surface area contributed by atoms with Gasteiger partial charge in [-0.15, -0.1) is 0 Å². The summed E-state index contributed by atoms with van der Waals surface area (Å²) in [7, 11) is 0. The smallest absolute Gasteiger partial charge is 0.326 e. The van der Waals surface area contributed by atoms with E-state index in [2.05, 4.69) is 21.3 Å². The van der Waals surface area contributed by atoms with E-state index in [1.807, 2.05) is 0 Å². The Kier molecular flexibility index (Phi) is 18.3. The lowest BCUT2D eigenvalue weighted by molar-refractivity contribution is -0.144. The molecule has 0 saturated carbocycles. The van der Waals surface area contributed by atoms with E-state index in [1.54, 1.807) is 55.4 Å². The summed E-state index contributed by atoms with van der Waals surface area (Å²) in [6.07, 6.45) is 5.16. The monoisotopic (exact) mass is 598 g/mol. The molecule has 0 saturated heterocycles. The van der Waals surface area contributed by atoms with Crippen molar-refractivity contribution in [3.63, 3.8) is 0 Å². The van der Waals surface area contributed by atoms with Crippen LogP contribution in [-0.2, 0) is 28.8 Å². The van der Waals surface area contributed by atoms with Gasteiger partial charge in [-0.1, -0.05) is 81.1 Å². The third kappa shape index (κ3) is 15.2. The molecular weight excluding hydrogens is 544 g/mol. The molecule has 0 unspecified atom stereocenters. The quantitative estimate of drug-likeness (QED) is 0.109. The number of carbonyl (C=O) groups is 6. The fourth-order valence-corrected chi connectivity index (χ4v) is 4.35. The Labute approximate surface area is 250 Å². The summed E-state index contributed by atoms with van der Waals surface area (Å²) >= 11 is 0. The minimum atomic E-state index is -1.12. The molecule has 242 valence electrons. The van der Waals surface area contributed by atoms with Crippen molar-refractivity contribution in [3.05, 3.63) is 0 Å². The molecule has 0 aromatic heterocycles. The highest BCUT2D eigenvalue weighted by Gasteiger charge is 2.31. The number of rotatable bonds is 21. The zero-order chi connectivity index (χ0) is 32.6. The molecule has 0 rings (SSSR count). The third-order valence-electron chi connectivity index (χ3n) is 7.05. The van der Waals surface area contributed by atoms with Gasteiger partial charge in [-0.05, 0) is 36.5 Å². The third-order valence-corrected chi connectivity index (χ3v) is 7.05. The zero-order valence-corrected chi connectivity index (χ0v) is 26.6. The van der Waals surface area contributed by atoms with E-state index < -0.39 is 47.9 Å². The van der Waals surface area contributed by atoms with Crippen LogP contribution in [0.2, 0.25) is 0 Å². The van der Waals surface area contributed by atoms with E-state index in [0.29, 0.717) is 12.8 Å². The number of nitrogens with one attached hydrogen (secondary N) is 4. The van der Waals surface area contributed by atoms with Gasteiger partial charge in [-0.25, -0.2) is 9.59 Å². The van der Waals surface area contributed by atoms with Crippen molar-refractivity contribution in [2.24, 2.45) is 23.7 Å². The summed E-state index contributed by atoms with van der Waals surface area (Å²) in [6.45, 7) is 14.0. The molecule has 6 N–H and O–H groups in total. The second-order valence-electron chi connectivity index (χ2n) is 12.3. The van der Waals surface area contributed by atoms with Crippen molar-refractivity contribution < 1.29 is 39.0 Å². The summed E-state index contributed by atoms with van der Waals surface area (Å²) in [5.74, 6) is -4.79. The Bertz CT molecular complexity index is 832. The molecule has 0 aliphatic rings. The van der Waals surface area contributed by atoms with Crippen LogP contribution in [0.25, 0.3) is 0 Å². The highest BCUT2D eigenvalue weighted by atomic mass is 16.4. The van der Waals surface area contributed by atoms with Crippen molar-refractivity contribution in [2.45, 2.75) is 131 Å². The van der Waals surface area contributed by atoms with Crippen molar-refractivity contribution in [2.75, 3.05) is 0 Å². The molecule has 0 fully saturated rings. The summed E-state index contributed by atoms with van der Waals surface area (Å²) in [4.78, 5) is 72.9. The molecule has 0 radical (unpaired) electrons. The molecule has 0 bridgehead atoms. The number of aliphatic carboxylic acids is 2. The molecular formula is C30H54N4O8. The summed E-state index contributed by atoms with van der Waals surface area (Å²) in [5, 5.41) is 29.1. The maximum Gasteiger partial charge on any atom is 0.326 e. The number of hydrogen-bond donors (Lipinski definition) is 6. The molecule has 0 heterocycles. The van der Waals surface area contributed by atoms with Gasteiger partial charge in [-0.3, -0.25) is 19.2 Å². The molecule has 42 heavy (non-hydrogen) atoms. The van der Waals surface area contributed by atoms with Crippen molar-refractivity contribution >= 4 is 35.6 Å². The van der Waals surface area contributed by atoms with Crippen LogP contribution in [0, 0.1) is 23.7 Å². The highest BCUT2D eigenvalue weighted by molar-refractivity contribution is 5.91. The summed E-state index contributed by atoms with van der Waals surface area (Å²) < 4.78 is 0. The standard InChI is InChI=1S/C30H54N4O8/c1-17(2)23(27(37)33-25(19(5)6)29(39)40)31-21(35)15-13-11-9-10-12-14-16-22(36)32-24(18(3)4)28(38)34-26(20(7)8)30(41)42/h17-20,23-26H,9-16H2,1-8H3,(H,31,35)(H,32,36)(H,33,37)(H,34,38)(H,39,40)(H,41,42)/t23-,24-,25-,26-/m0/s1. The largest absolute Gasteiger partial charge is 0.480 e. The maximum atomic E-state index is 12.6. The van der Waals surface area contributed by atoms with Gasteiger partial charge in [0.15, 0.2) is 0 Å². The summed E-state index contributed by atoms with van der Waals surface area (Å²) in [5.41, 5.74) is 0. The number of carboxylic acid groups (broad SMARTS) is 2. The Morgan fingerprint density at radius 1 is 0.429 bits per heavy atom. The number of amides is 4. The van der Waals surface area contributed by atoms with Crippen molar-refractivity contribution in [1.82, 2.24) is 21.3 Å². The lowest BCUT2D eigenvalue weighted by Gasteiger charge is -2.25. The molecule has 0 aromatic rings. The van der Waals surface area contributed by atoms with Crippen LogP contribution in [0.15, 0.2) is 0 Å². The van der Waals surface area contributed by atoms with E-state index in [1.165, 1.54) is 0 Å². The number of unbranched alkanes of at least 4 members (excludes halogenated alkanes) is 5. The zero-order valence-electron chi connectivity index (χ0n) is 26.6. The molecule has 0 spiro atoms. The highest BCUT2D eigenvalue weighted by Crippen LogP contribution is 2.12. The van der Waals surface area contributed by atoms with Gasteiger partial charge < -0.3 is 31.5 Å². The van der Waals surface area contributed by atoms with Crippen molar-refractivity contribution in [1.29, 1.82) is 0 Å². The Balaban J connectivity index is 4.41. The van der Waals surface area contributed by atoms with Gasteiger partial charge in [0.1, 0.15) is 24.2 Å². The van der Waals surface area contributed by atoms with Crippen LogP contribution in [-0.4, -0.2) is 69.9 Å².